The Labute approximate surface area is 120 Å². The minimum Gasteiger partial charge on any atom is -0.466 e. The van der Waals surface area contributed by atoms with Gasteiger partial charge in [-0.3, -0.25) is 9.59 Å². The Morgan fingerprint density at radius 3 is 2.45 bits per heavy atom. The van der Waals surface area contributed by atoms with E-state index in [0.29, 0.717) is 25.1 Å². The summed E-state index contributed by atoms with van der Waals surface area (Å²) in [5.41, 5.74) is 1.82. The van der Waals surface area contributed by atoms with E-state index in [9.17, 15) is 9.59 Å². The Balaban J connectivity index is 2.10. The number of aryl methyl sites for hydroxylation is 1. The summed E-state index contributed by atoms with van der Waals surface area (Å²) in [5.74, 6) is -0.188. The molecule has 1 amide bonds. The molecule has 0 bridgehead atoms. The number of ether oxygens (including phenoxy) is 1. The molecular weight excluding hydrogens is 254 g/mol. The molecule has 110 valence electrons. The van der Waals surface area contributed by atoms with Crippen molar-refractivity contribution in [3.8, 4) is 0 Å². The lowest BCUT2D eigenvalue weighted by Crippen LogP contribution is -2.24. The van der Waals surface area contributed by atoms with Gasteiger partial charge in [0.25, 0.3) is 5.91 Å². The number of hydrogen-bond donors (Lipinski definition) is 1. The average molecular weight is 277 g/mol. The number of nitrogens with one attached hydrogen (secondary N) is 1. The Morgan fingerprint density at radius 1 is 1.10 bits per heavy atom. The second-order valence-electron chi connectivity index (χ2n) is 4.74. The zero-order chi connectivity index (χ0) is 14.8. The molecule has 0 saturated carbocycles. The summed E-state index contributed by atoms with van der Waals surface area (Å²) in [5, 5.41) is 2.88. The summed E-state index contributed by atoms with van der Waals surface area (Å²) < 4.78 is 4.85. The second-order valence-corrected chi connectivity index (χ2v) is 4.74. The summed E-state index contributed by atoms with van der Waals surface area (Å²) in [6.07, 6.45) is 3.04. The van der Waals surface area contributed by atoms with Gasteiger partial charge in [-0.25, -0.2) is 0 Å². The van der Waals surface area contributed by atoms with Gasteiger partial charge in [-0.15, -0.1) is 0 Å². The van der Waals surface area contributed by atoms with E-state index >= 15 is 0 Å². The van der Waals surface area contributed by atoms with Crippen LogP contribution in [-0.2, 0) is 9.53 Å². The molecule has 0 radical (unpaired) electrons. The fourth-order valence-corrected chi connectivity index (χ4v) is 1.81. The number of amides is 1. The highest BCUT2D eigenvalue weighted by Gasteiger charge is 2.04. The van der Waals surface area contributed by atoms with E-state index < -0.39 is 0 Å². The topological polar surface area (TPSA) is 55.4 Å². The summed E-state index contributed by atoms with van der Waals surface area (Å²) in [6.45, 7) is 4.87. The van der Waals surface area contributed by atoms with Crippen LogP contribution in [0.15, 0.2) is 24.3 Å². The van der Waals surface area contributed by atoms with Crippen LogP contribution in [0, 0.1) is 6.92 Å². The average Bonchev–Trinajstić information content (AvgIpc) is 2.43. The molecule has 4 heteroatoms. The molecule has 0 aliphatic carbocycles. The molecule has 0 spiro atoms. The molecule has 0 saturated heterocycles. The Hall–Kier alpha value is -1.84. The molecule has 0 aromatic heterocycles. The minimum absolute atomic E-state index is 0.0459. The van der Waals surface area contributed by atoms with Crippen molar-refractivity contribution in [2.75, 3.05) is 13.2 Å². The van der Waals surface area contributed by atoms with E-state index in [1.54, 1.807) is 6.92 Å². The van der Waals surface area contributed by atoms with Crippen molar-refractivity contribution >= 4 is 11.9 Å². The number of rotatable bonds is 8. The lowest BCUT2D eigenvalue weighted by molar-refractivity contribution is -0.143. The van der Waals surface area contributed by atoms with E-state index in [1.165, 1.54) is 0 Å². The highest BCUT2D eigenvalue weighted by Crippen LogP contribution is 2.04. The third kappa shape index (κ3) is 6.36. The molecule has 0 atom stereocenters. The zero-order valence-corrected chi connectivity index (χ0v) is 12.3. The maximum atomic E-state index is 11.8. The first kappa shape index (κ1) is 16.2. The number of esters is 1. The molecule has 1 N–H and O–H groups in total. The van der Waals surface area contributed by atoms with E-state index in [0.717, 1.165) is 24.8 Å². The molecular formula is C16H23NO3. The Morgan fingerprint density at radius 2 is 1.80 bits per heavy atom. The van der Waals surface area contributed by atoms with Crippen LogP contribution in [0.3, 0.4) is 0 Å². The van der Waals surface area contributed by atoms with Crippen LogP contribution in [0.1, 0.15) is 48.5 Å². The largest absolute Gasteiger partial charge is 0.466 e. The first-order valence-electron chi connectivity index (χ1n) is 7.14. The fraction of sp³-hybridized carbons (Fsp3) is 0.500. The molecule has 0 unspecified atom stereocenters. The van der Waals surface area contributed by atoms with Gasteiger partial charge >= 0.3 is 5.97 Å². The standard InChI is InChI=1S/C16H23NO3/c1-3-20-15(18)7-5-4-6-12-17-16(19)14-10-8-13(2)9-11-14/h8-11H,3-7,12H2,1-2H3,(H,17,19). The molecule has 1 aromatic carbocycles. The number of benzene rings is 1. The van der Waals surface area contributed by atoms with Crippen molar-refractivity contribution in [2.45, 2.75) is 39.5 Å². The summed E-state index contributed by atoms with van der Waals surface area (Å²) in [7, 11) is 0. The maximum Gasteiger partial charge on any atom is 0.305 e. The van der Waals surface area contributed by atoms with Crippen molar-refractivity contribution in [3.63, 3.8) is 0 Å². The normalized spacial score (nSPS) is 10.1. The summed E-state index contributed by atoms with van der Waals surface area (Å²) in [4.78, 5) is 22.9. The Bertz CT molecular complexity index is 426. The predicted octanol–water partition coefficient (Wildman–Crippen LogP) is 2.85. The molecule has 20 heavy (non-hydrogen) atoms. The van der Waals surface area contributed by atoms with Crippen molar-refractivity contribution in [1.29, 1.82) is 0 Å². The second kappa shape index (κ2) is 9.13. The van der Waals surface area contributed by atoms with Crippen molar-refractivity contribution in [3.05, 3.63) is 35.4 Å². The predicted molar refractivity (Wildman–Crippen MR) is 78.6 cm³/mol. The van der Waals surface area contributed by atoms with Gasteiger partial charge < -0.3 is 10.1 Å². The Kier molecular flexibility index (Phi) is 7.40. The van der Waals surface area contributed by atoms with Gasteiger partial charge in [-0.2, -0.15) is 0 Å². The van der Waals surface area contributed by atoms with Crippen LogP contribution in [-0.4, -0.2) is 25.0 Å². The molecule has 0 aliphatic heterocycles. The highest BCUT2D eigenvalue weighted by atomic mass is 16.5. The van der Waals surface area contributed by atoms with Crippen molar-refractivity contribution in [2.24, 2.45) is 0 Å². The van der Waals surface area contributed by atoms with Crippen LogP contribution >= 0.6 is 0 Å². The van der Waals surface area contributed by atoms with E-state index in [-0.39, 0.29) is 11.9 Å². The first-order valence-corrected chi connectivity index (χ1v) is 7.14. The summed E-state index contributed by atoms with van der Waals surface area (Å²) >= 11 is 0. The van der Waals surface area contributed by atoms with Gasteiger partial charge in [0.1, 0.15) is 0 Å². The van der Waals surface area contributed by atoms with Crippen LogP contribution in [0.4, 0.5) is 0 Å². The molecule has 4 nitrogen and oxygen atoms in total. The highest BCUT2D eigenvalue weighted by molar-refractivity contribution is 5.94. The van der Waals surface area contributed by atoms with Crippen molar-refractivity contribution < 1.29 is 14.3 Å². The van der Waals surface area contributed by atoms with Gasteiger partial charge in [0.05, 0.1) is 6.61 Å². The minimum atomic E-state index is -0.142. The van der Waals surface area contributed by atoms with Crippen LogP contribution in [0.2, 0.25) is 0 Å². The molecule has 0 heterocycles. The molecule has 0 aliphatic rings. The third-order valence-electron chi connectivity index (χ3n) is 2.96. The monoisotopic (exact) mass is 277 g/mol. The smallest absolute Gasteiger partial charge is 0.305 e. The maximum absolute atomic E-state index is 11.8. The lowest BCUT2D eigenvalue weighted by atomic mass is 10.1. The van der Waals surface area contributed by atoms with Gasteiger partial charge in [-0.05, 0) is 38.8 Å². The number of unbranched alkanes of at least 4 members (excludes halogenated alkanes) is 2. The van der Waals surface area contributed by atoms with Crippen molar-refractivity contribution in [1.82, 2.24) is 5.32 Å². The molecule has 0 fully saturated rings. The fourth-order valence-electron chi connectivity index (χ4n) is 1.81. The van der Waals surface area contributed by atoms with E-state index in [1.807, 2.05) is 31.2 Å². The quantitative estimate of drug-likeness (QED) is 0.587. The molecule has 1 rings (SSSR count). The van der Waals surface area contributed by atoms with Gasteiger partial charge in [0.2, 0.25) is 0 Å². The zero-order valence-electron chi connectivity index (χ0n) is 12.3. The van der Waals surface area contributed by atoms with Gasteiger partial charge in [-0.1, -0.05) is 24.1 Å². The number of carbonyl (C=O) groups excluding carboxylic acids is 2. The van der Waals surface area contributed by atoms with E-state index in [2.05, 4.69) is 5.32 Å². The number of hydrogen-bond acceptors (Lipinski definition) is 3. The SMILES string of the molecule is CCOC(=O)CCCCCNC(=O)c1ccc(C)cc1. The van der Waals surface area contributed by atoms with Crippen LogP contribution < -0.4 is 5.32 Å². The summed E-state index contributed by atoms with van der Waals surface area (Å²) in [6, 6.07) is 7.50. The van der Waals surface area contributed by atoms with Crippen LogP contribution in [0.25, 0.3) is 0 Å². The van der Waals surface area contributed by atoms with E-state index in [4.69, 9.17) is 4.74 Å². The lowest BCUT2D eigenvalue weighted by Gasteiger charge is -2.05. The van der Waals surface area contributed by atoms with Gasteiger partial charge in [0, 0.05) is 18.5 Å². The van der Waals surface area contributed by atoms with Gasteiger partial charge in [0.15, 0.2) is 0 Å². The van der Waals surface area contributed by atoms with Crippen LogP contribution in [0.5, 0.6) is 0 Å². The molecule has 1 aromatic rings. The third-order valence-corrected chi connectivity index (χ3v) is 2.96. The number of carbonyl (C=O) groups is 2. The first-order chi connectivity index (χ1) is 9.63.